The number of benzene rings is 1. The third-order valence-electron chi connectivity index (χ3n) is 7.30. The first-order valence-electron chi connectivity index (χ1n) is 11.7. The summed E-state index contributed by atoms with van der Waals surface area (Å²) in [7, 11) is 1.35. The Morgan fingerprint density at radius 3 is 2.94 bits per heavy atom. The van der Waals surface area contributed by atoms with Crippen LogP contribution < -0.4 is 15.4 Å². The SMILES string of the molecule is COC(=O)c1cccc(OCCNC(=O)[C@@]23CC[C@H](N4CCOCC4)C[C@H]2CCNC3)c1. The fourth-order valence-corrected chi connectivity index (χ4v) is 5.51. The zero-order valence-corrected chi connectivity index (χ0v) is 18.9. The number of hydrogen-bond donors (Lipinski definition) is 2. The van der Waals surface area contributed by atoms with Gasteiger partial charge in [-0.15, -0.1) is 0 Å². The van der Waals surface area contributed by atoms with Crippen molar-refractivity contribution in [2.75, 3.05) is 59.7 Å². The minimum atomic E-state index is -0.397. The van der Waals surface area contributed by atoms with Crippen LogP contribution in [-0.2, 0) is 14.3 Å². The summed E-state index contributed by atoms with van der Waals surface area (Å²) in [5.41, 5.74) is 0.118. The number of rotatable bonds is 7. The van der Waals surface area contributed by atoms with Crippen LogP contribution in [0, 0.1) is 11.3 Å². The predicted octanol–water partition coefficient (Wildman–Crippen LogP) is 1.45. The minimum absolute atomic E-state index is 0.141. The highest BCUT2D eigenvalue weighted by Gasteiger charge is 2.50. The molecule has 1 aromatic carbocycles. The molecule has 1 aliphatic carbocycles. The number of piperidine rings is 1. The van der Waals surface area contributed by atoms with Gasteiger partial charge in [-0.25, -0.2) is 4.79 Å². The second-order valence-electron chi connectivity index (χ2n) is 9.02. The Labute approximate surface area is 190 Å². The van der Waals surface area contributed by atoms with Crippen molar-refractivity contribution in [3.05, 3.63) is 29.8 Å². The second kappa shape index (κ2) is 10.6. The lowest BCUT2D eigenvalue weighted by atomic mass is 9.61. The average Bonchev–Trinajstić information content (AvgIpc) is 2.86. The zero-order chi connectivity index (χ0) is 22.4. The number of amides is 1. The highest BCUT2D eigenvalue weighted by atomic mass is 16.5. The van der Waals surface area contributed by atoms with E-state index >= 15 is 0 Å². The third kappa shape index (κ3) is 5.08. The summed E-state index contributed by atoms with van der Waals surface area (Å²) < 4.78 is 16.0. The number of nitrogens with zero attached hydrogens (tertiary/aromatic N) is 1. The topological polar surface area (TPSA) is 89.1 Å². The molecule has 2 aliphatic heterocycles. The largest absolute Gasteiger partial charge is 0.492 e. The number of fused-ring (bicyclic) bond motifs is 1. The molecule has 4 rings (SSSR count). The van der Waals surface area contributed by atoms with E-state index in [1.54, 1.807) is 24.3 Å². The van der Waals surface area contributed by atoms with E-state index in [1.165, 1.54) is 7.11 Å². The van der Waals surface area contributed by atoms with E-state index < -0.39 is 5.97 Å². The first-order chi connectivity index (χ1) is 15.6. The van der Waals surface area contributed by atoms with Gasteiger partial charge in [0.25, 0.3) is 0 Å². The molecule has 0 unspecified atom stereocenters. The van der Waals surface area contributed by atoms with Crippen LogP contribution >= 0.6 is 0 Å². The number of carbonyl (C=O) groups is 2. The summed E-state index contributed by atoms with van der Waals surface area (Å²) in [6, 6.07) is 7.45. The maximum Gasteiger partial charge on any atom is 0.337 e. The summed E-state index contributed by atoms with van der Waals surface area (Å²) in [6.45, 7) is 6.15. The van der Waals surface area contributed by atoms with E-state index in [9.17, 15) is 9.59 Å². The molecule has 3 fully saturated rings. The molecule has 2 N–H and O–H groups in total. The van der Waals surface area contributed by atoms with Crippen molar-refractivity contribution in [3.63, 3.8) is 0 Å². The monoisotopic (exact) mass is 445 g/mol. The van der Waals surface area contributed by atoms with E-state index in [1.807, 2.05) is 0 Å². The third-order valence-corrected chi connectivity index (χ3v) is 7.30. The first kappa shape index (κ1) is 23.0. The van der Waals surface area contributed by atoms with Crippen molar-refractivity contribution >= 4 is 11.9 Å². The molecule has 2 heterocycles. The average molecular weight is 446 g/mol. The lowest BCUT2D eigenvalue weighted by Crippen LogP contribution is -2.60. The number of morpholine rings is 1. The van der Waals surface area contributed by atoms with Crippen LogP contribution in [-0.4, -0.2) is 82.5 Å². The van der Waals surface area contributed by atoms with Gasteiger partial charge in [0.1, 0.15) is 12.4 Å². The van der Waals surface area contributed by atoms with Gasteiger partial charge in [0.05, 0.1) is 37.8 Å². The molecule has 1 amide bonds. The van der Waals surface area contributed by atoms with Gasteiger partial charge in [-0.3, -0.25) is 9.69 Å². The Morgan fingerprint density at radius 1 is 1.28 bits per heavy atom. The molecule has 0 radical (unpaired) electrons. The van der Waals surface area contributed by atoms with Gasteiger partial charge in [-0.2, -0.15) is 0 Å². The summed E-state index contributed by atoms with van der Waals surface area (Å²) in [5, 5.41) is 6.60. The van der Waals surface area contributed by atoms with E-state index in [4.69, 9.17) is 14.2 Å². The van der Waals surface area contributed by atoms with Gasteiger partial charge >= 0.3 is 5.97 Å². The van der Waals surface area contributed by atoms with E-state index in [0.717, 1.165) is 65.1 Å². The van der Waals surface area contributed by atoms with Crippen LogP contribution in [0.1, 0.15) is 36.0 Å². The maximum atomic E-state index is 13.3. The molecular formula is C24H35N3O5. The molecule has 1 aromatic rings. The van der Waals surface area contributed by atoms with Crippen molar-refractivity contribution in [1.82, 2.24) is 15.5 Å². The molecule has 1 saturated carbocycles. The van der Waals surface area contributed by atoms with Gasteiger partial charge in [0, 0.05) is 25.7 Å². The lowest BCUT2D eigenvalue weighted by Gasteiger charge is -2.50. The van der Waals surface area contributed by atoms with Crippen LogP contribution in [0.2, 0.25) is 0 Å². The molecule has 0 aromatic heterocycles. The van der Waals surface area contributed by atoms with Crippen LogP contribution in [0.4, 0.5) is 0 Å². The van der Waals surface area contributed by atoms with Gasteiger partial charge in [0.15, 0.2) is 0 Å². The van der Waals surface area contributed by atoms with E-state index in [0.29, 0.717) is 36.4 Å². The van der Waals surface area contributed by atoms with Crippen LogP contribution in [0.25, 0.3) is 0 Å². The van der Waals surface area contributed by atoms with Crippen LogP contribution in [0.5, 0.6) is 5.75 Å². The summed E-state index contributed by atoms with van der Waals surface area (Å²) >= 11 is 0. The van der Waals surface area contributed by atoms with Crippen molar-refractivity contribution in [3.8, 4) is 5.75 Å². The fourth-order valence-electron chi connectivity index (χ4n) is 5.51. The lowest BCUT2D eigenvalue weighted by molar-refractivity contribution is -0.140. The van der Waals surface area contributed by atoms with Crippen LogP contribution in [0.3, 0.4) is 0 Å². The number of carbonyl (C=O) groups excluding carboxylic acids is 2. The summed E-state index contributed by atoms with van der Waals surface area (Å²) in [4.78, 5) is 27.6. The van der Waals surface area contributed by atoms with Crippen molar-refractivity contribution < 1.29 is 23.8 Å². The van der Waals surface area contributed by atoms with Crippen molar-refractivity contribution in [2.45, 2.75) is 31.7 Å². The predicted molar refractivity (Wildman–Crippen MR) is 120 cm³/mol. The number of ether oxygens (including phenoxy) is 3. The normalized spacial score (nSPS) is 28.4. The Kier molecular flexibility index (Phi) is 7.65. The molecule has 2 saturated heterocycles. The van der Waals surface area contributed by atoms with Gasteiger partial charge in [-0.05, 0) is 56.3 Å². The highest BCUT2D eigenvalue weighted by molar-refractivity contribution is 5.89. The number of hydrogen-bond acceptors (Lipinski definition) is 7. The zero-order valence-electron chi connectivity index (χ0n) is 18.9. The van der Waals surface area contributed by atoms with Crippen LogP contribution in [0.15, 0.2) is 24.3 Å². The number of nitrogens with one attached hydrogen (secondary N) is 2. The minimum Gasteiger partial charge on any atom is -0.492 e. The van der Waals surface area contributed by atoms with Gasteiger partial charge < -0.3 is 24.8 Å². The quantitative estimate of drug-likeness (QED) is 0.485. The molecule has 0 bridgehead atoms. The number of methoxy groups -OCH3 is 1. The molecule has 3 atom stereocenters. The smallest absolute Gasteiger partial charge is 0.337 e. The molecule has 8 heteroatoms. The van der Waals surface area contributed by atoms with Gasteiger partial charge in [-0.1, -0.05) is 6.07 Å². The summed E-state index contributed by atoms with van der Waals surface area (Å²) in [6.07, 6.45) is 4.11. The molecular weight excluding hydrogens is 410 g/mol. The molecule has 0 spiro atoms. The standard InChI is InChI=1S/C24H35N3O5/c1-30-22(28)18-3-2-4-21(15-18)32-12-9-26-23(29)24-7-5-20(27-10-13-31-14-11-27)16-19(24)6-8-25-17-24/h2-4,15,19-20,25H,5-14,16-17H2,1H3,(H,26,29)/t19-,20+,24-/m1/s1. The second-order valence-corrected chi connectivity index (χ2v) is 9.02. The molecule has 32 heavy (non-hydrogen) atoms. The fraction of sp³-hybridized carbons (Fsp3) is 0.667. The Balaban J connectivity index is 1.29. The highest BCUT2D eigenvalue weighted by Crippen LogP contribution is 2.46. The van der Waals surface area contributed by atoms with Crippen molar-refractivity contribution in [1.29, 1.82) is 0 Å². The van der Waals surface area contributed by atoms with E-state index in [2.05, 4.69) is 15.5 Å². The Hall–Kier alpha value is -2.16. The van der Waals surface area contributed by atoms with Gasteiger partial charge in [0.2, 0.25) is 5.91 Å². The Bertz CT molecular complexity index is 798. The van der Waals surface area contributed by atoms with E-state index in [-0.39, 0.29) is 11.3 Å². The number of esters is 1. The molecule has 3 aliphatic rings. The Morgan fingerprint density at radius 2 is 2.12 bits per heavy atom. The van der Waals surface area contributed by atoms with Crippen molar-refractivity contribution in [2.24, 2.45) is 11.3 Å². The molecule has 8 nitrogen and oxygen atoms in total. The molecule has 176 valence electrons. The maximum absolute atomic E-state index is 13.3. The summed E-state index contributed by atoms with van der Waals surface area (Å²) in [5.74, 6) is 0.736. The first-order valence-corrected chi connectivity index (χ1v) is 11.7.